The highest BCUT2D eigenvalue weighted by atomic mass is 15.2. The van der Waals surface area contributed by atoms with Crippen LogP contribution in [0.3, 0.4) is 0 Å². The Kier molecular flexibility index (Phi) is 8.82. The van der Waals surface area contributed by atoms with Crippen molar-refractivity contribution in [2.24, 2.45) is 5.92 Å². The molecule has 4 nitrogen and oxygen atoms in total. The lowest BCUT2D eigenvalue weighted by Gasteiger charge is -2.32. The van der Waals surface area contributed by atoms with E-state index in [4.69, 9.17) is 0 Å². The van der Waals surface area contributed by atoms with Crippen LogP contribution in [0.4, 0.5) is 11.4 Å². The van der Waals surface area contributed by atoms with E-state index in [1.807, 2.05) is 12.4 Å². The number of pyridine rings is 1. The van der Waals surface area contributed by atoms with Crippen molar-refractivity contribution in [1.82, 2.24) is 9.88 Å². The largest absolute Gasteiger partial charge is 0.382 e. The predicted molar refractivity (Wildman–Crippen MR) is 125 cm³/mol. The topological polar surface area (TPSA) is 31.4 Å². The van der Waals surface area contributed by atoms with E-state index in [9.17, 15) is 0 Å². The Morgan fingerprint density at radius 2 is 1.90 bits per heavy atom. The standard InChI is InChI=1S/C25H38N4/c1-3-17-29(4-2)25-21-26-15-12-24(25)27-16-20-28-18-13-23(14-19-28)11-10-22-8-6-5-7-9-22/h5-9,12,15,21,23H,3-4,10-11,13-14,16-20H2,1-2H3,(H,26,27). The first-order valence-electron chi connectivity index (χ1n) is 11.5. The number of nitrogens with one attached hydrogen (secondary N) is 1. The highest BCUT2D eigenvalue weighted by Gasteiger charge is 2.19. The zero-order valence-electron chi connectivity index (χ0n) is 18.3. The highest BCUT2D eigenvalue weighted by Crippen LogP contribution is 2.25. The lowest BCUT2D eigenvalue weighted by molar-refractivity contribution is 0.185. The van der Waals surface area contributed by atoms with Gasteiger partial charge >= 0.3 is 0 Å². The Labute approximate surface area is 177 Å². The van der Waals surface area contributed by atoms with Gasteiger partial charge in [-0.15, -0.1) is 0 Å². The van der Waals surface area contributed by atoms with Crippen LogP contribution in [0.15, 0.2) is 48.8 Å². The molecule has 0 aliphatic carbocycles. The molecule has 2 aromatic rings. The van der Waals surface area contributed by atoms with Gasteiger partial charge in [0.2, 0.25) is 0 Å². The third-order valence-corrected chi connectivity index (χ3v) is 6.15. The summed E-state index contributed by atoms with van der Waals surface area (Å²) >= 11 is 0. The summed E-state index contributed by atoms with van der Waals surface area (Å²) < 4.78 is 0. The van der Waals surface area contributed by atoms with Crippen LogP contribution in [-0.4, -0.2) is 49.2 Å². The molecule has 1 saturated heterocycles. The quantitative estimate of drug-likeness (QED) is 0.576. The number of aromatic nitrogens is 1. The molecule has 3 rings (SSSR count). The van der Waals surface area contributed by atoms with Crippen LogP contribution < -0.4 is 10.2 Å². The molecule has 1 N–H and O–H groups in total. The Hall–Kier alpha value is -2.07. The van der Waals surface area contributed by atoms with Crippen molar-refractivity contribution in [3.05, 3.63) is 54.4 Å². The monoisotopic (exact) mass is 394 g/mol. The van der Waals surface area contributed by atoms with Gasteiger partial charge < -0.3 is 15.1 Å². The number of hydrogen-bond donors (Lipinski definition) is 1. The van der Waals surface area contributed by atoms with Gasteiger partial charge in [-0.2, -0.15) is 0 Å². The molecule has 4 heteroatoms. The van der Waals surface area contributed by atoms with Crippen molar-refractivity contribution in [3.8, 4) is 0 Å². The van der Waals surface area contributed by atoms with Crippen LogP contribution in [0, 0.1) is 5.92 Å². The maximum Gasteiger partial charge on any atom is 0.0788 e. The molecular weight excluding hydrogens is 356 g/mol. The maximum absolute atomic E-state index is 4.35. The first kappa shape index (κ1) is 21.6. The number of likely N-dealkylation sites (tertiary alicyclic amines) is 1. The fourth-order valence-electron chi connectivity index (χ4n) is 4.37. The molecule has 1 aliphatic rings. The molecule has 0 bridgehead atoms. The van der Waals surface area contributed by atoms with Crippen LogP contribution in [-0.2, 0) is 6.42 Å². The van der Waals surface area contributed by atoms with Crippen LogP contribution in [0.1, 0.15) is 45.1 Å². The third kappa shape index (κ3) is 6.74. The highest BCUT2D eigenvalue weighted by molar-refractivity contribution is 5.68. The van der Waals surface area contributed by atoms with E-state index < -0.39 is 0 Å². The second kappa shape index (κ2) is 11.8. The lowest BCUT2D eigenvalue weighted by Crippen LogP contribution is -2.37. The average Bonchev–Trinajstić information content (AvgIpc) is 2.78. The number of nitrogens with zero attached hydrogens (tertiary/aromatic N) is 3. The summed E-state index contributed by atoms with van der Waals surface area (Å²) in [7, 11) is 0. The molecule has 29 heavy (non-hydrogen) atoms. The van der Waals surface area contributed by atoms with Crippen LogP contribution >= 0.6 is 0 Å². The van der Waals surface area contributed by atoms with Crippen LogP contribution in [0.2, 0.25) is 0 Å². The predicted octanol–water partition coefficient (Wildman–Crippen LogP) is 5.07. The molecule has 1 aliphatic heterocycles. The van der Waals surface area contributed by atoms with E-state index in [-0.39, 0.29) is 0 Å². The molecule has 0 saturated carbocycles. The van der Waals surface area contributed by atoms with Gasteiger partial charge in [-0.05, 0) is 69.7 Å². The zero-order chi connectivity index (χ0) is 20.3. The molecule has 2 heterocycles. The van der Waals surface area contributed by atoms with Gasteiger partial charge in [0, 0.05) is 32.4 Å². The molecule has 0 unspecified atom stereocenters. The smallest absolute Gasteiger partial charge is 0.0788 e. The van der Waals surface area contributed by atoms with Crippen LogP contribution in [0.5, 0.6) is 0 Å². The van der Waals surface area contributed by atoms with E-state index in [2.05, 4.69) is 70.3 Å². The second-order valence-electron chi connectivity index (χ2n) is 8.21. The van der Waals surface area contributed by atoms with Crippen molar-refractivity contribution in [1.29, 1.82) is 0 Å². The minimum absolute atomic E-state index is 0.887. The molecule has 0 amide bonds. The number of aryl methyl sites for hydroxylation is 1. The Bertz CT molecular complexity index is 695. The number of hydrogen-bond acceptors (Lipinski definition) is 4. The minimum Gasteiger partial charge on any atom is -0.382 e. The van der Waals surface area contributed by atoms with E-state index in [1.165, 1.54) is 55.7 Å². The number of piperidine rings is 1. The Morgan fingerprint density at radius 3 is 2.62 bits per heavy atom. The molecule has 1 aromatic carbocycles. The Morgan fingerprint density at radius 1 is 1.10 bits per heavy atom. The van der Waals surface area contributed by atoms with Gasteiger partial charge in [0.1, 0.15) is 0 Å². The van der Waals surface area contributed by atoms with Crippen LogP contribution in [0.25, 0.3) is 0 Å². The van der Waals surface area contributed by atoms with Crippen molar-refractivity contribution < 1.29 is 0 Å². The molecule has 1 fully saturated rings. The molecule has 0 spiro atoms. The maximum atomic E-state index is 4.35. The number of rotatable bonds is 11. The van der Waals surface area contributed by atoms with E-state index in [0.717, 1.165) is 38.5 Å². The Balaban J connectivity index is 1.39. The first-order valence-corrected chi connectivity index (χ1v) is 11.5. The summed E-state index contributed by atoms with van der Waals surface area (Å²) in [5.74, 6) is 0.887. The zero-order valence-corrected chi connectivity index (χ0v) is 18.3. The summed E-state index contributed by atoms with van der Waals surface area (Å²) in [5.41, 5.74) is 3.93. The fraction of sp³-hybridized carbons (Fsp3) is 0.560. The van der Waals surface area contributed by atoms with Gasteiger partial charge in [0.25, 0.3) is 0 Å². The molecule has 1 aromatic heterocycles. The van der Waals surface area contributed by atoms with E-state index >= 15 is 0 Å². The van der Waals surface area contributed by atoms with Gasteiger partial charge in [0.15, 0.2) is 0 Å². The SMILES string of the molecule is CCCN(CC)c1cnccc1NCCN1CCC(CCc2ccccc2)CC1. The van der Waals surface area contributed by atoms with Gasteiger partial charge in [0.05, 0.1) is 17.6 Å². The van der Waals surface area contributed by atoms with Crippen molar-refractivity contribution in [3.63, 3.8) is 0 Å². The van der Waals surface area contributed by atoms with Crippen molar-refractivity contribution >= 4 is 11.4 Å². The third-order valence-electron chi connectivity index (χ3n) is 6.15. The number of anilines is 2. The van der Waals surface area contributed by atoms with Crippen molar-refractivity contribution in [2.75, 3.05) is 49.5 Å². The van der Waals surface area contributed by atoms with Gasteiger partial charge in [-0.3, -0.25) is 4.98 Å². The summed E-state index contributed by atoms with van der Waals surface area (Å²) in [5, 5.41) is 3.67. The average molecular weight is 395 g/mol. The summed E-state index contributed by atoms with van der Waals surface area (Å²) in [6.45, 7) is 11.1. The van der Waals surface area contributed by atoms with E-state index in [0.29, 0.717) is 0 Å². The van der Waals surface area contributed by atoms with Gasteiger partial charge in [-0.25, -0.2) is 0 Å². The lowest BCUT2D eigenvalue weighted by atomic mass is 9.90. The summed E-state index contributed by atoms with van der Waals surface area (Å²) in [4.78, 5) is 9.38. The number of benzene rings is 1. The normalized spacial score (nSPS) is 15.4. The van der Waals surface area contributed by atoms with Gasteiger partial charge in [-0.1, -0.05) is 37.3 Å². The summed E-state index contributed by atoms with van der Waals surface area (Å²) in [6, 6.07) is 13.0. The minimum atomic E-state index is 0.887. The molecular formula is C25H38N4. The van der Waals surface area contributed by atoms with E-state index in [1.54, 1.807) is 0 Å². The molecule has 158 valence electrons. The molecule has 0 radical (unpaired) electrons. The summed E-state index contributed by atoms with van der Waals surface area (Å²) in [6.07, 6.45) is 10.3. The molecule has 0 atom stereocenters. The van der Waals surface area contributed by atoms with Crippen molar-refractivity contribution in [2.45, 2.75) is 46.0 Å². The first-order chi connectivity index (χ1) is 14.3. The second-order valence-corrected chi connectivity index (χ2v) is 8.21. The fourth-order valence-corrected chi connectivity index (χ4v) is 4.37.